The standard InChI is InChI=1S/C18H19N3O2/c1-13-19-12-16(18(20-13)21-9-2-3-10-21)15-6-4-5-14(11-15)7-8-17(22)23/h4-8,11-12H,2-3,9-10H2,1H3,(H,22,23)/b8-7+. The highest BCUT2D eigenvalue weighted by Gasteiger charge is 2.18. The predicted octanol–water partition coefficient (Wildman–Crippen LogP) is 3.15. The van der Waals surface area contributed by atoms with Crippen molar-refractivity contribution in [1.29, 1.82) is 0 Å². The van der Waals surface area contributed by atoms with Crippen molar-refractivity contribution < 1.29 is 9.90 Å². The van der Waals surface area contributed by atoms with Crippen LogP contribution in [-0.4, -0.2) is 34.1 Å². The Kier molecular flexibility index (Phi) is 4.37. The number of carbonyl (C=O) groups is 1. The molecule has 5 nitrogen and oxygen atoms in total. The van der Waals surface area contributed by atoms with Crippen LogP contribution in [0.15, 0.2) is 36.5 Å². The number of hydrogen-bond acceptors (Lipinski definition) is 4. The molecule has 0 saturated carbocycles. The van der Waals surface area contributed by atoms with Gasteiger partial charge in [-0.05, 0) is 43.0 Å². The quantitative estimate of drug-likeness (QED) is 0.879. The van der Waals surface area contributed by atoms with E-state index in [-0.39, 0.29) is 0 Å². The van der Waals surface area contributed by atoms with Crippen molar-refractivity contribution in [3.05, 3.63) is 47.9 Å². The van der Waals surface area contributed by atoms with Gasteiger partial charge in [0.1, 0.15) is 11.6 Å². The van der Waals surface area contributed by atoms with E-state index in [2.05, 4.69) is 14.9 Å². The largest absolute Gasteiger partial charge is 0.478 e. The van der Waals surface area contributed by atoms with Crippen molar-refractivity contribution in [2.45, 2.75) is 19.8 Å². The van der Waals surface area contributed by atoms with Gasteiger partial charge >= 0.3 is 5.97 Å². The number of carboxylic acid groups (broad SMARTS) is 1. The Hall–Kier alpha value is -2.69. The molecule has 1 aromatic carbocycles. The van der Waals surface area contributed by atoms with Crippen molar-refractivity contribution >= 4 is 17.9 Å². The molecule has 1 aromatic heterocycles. The first-order valence-electron chi connectivity index (χ1n) is 7.73. The van der Waals surface area contributed by atoms with Crippen LogP contribution < -0.4 is 4.90 Å². The van der Waals surface area contributed by atoms with Crippen LogP contribution in [0.5, 0.6) is 0 Å². The zero-order valence-corrected chi connectivity index (χ0v) is 13.1. The minimum atomic E-state index is -0.952. The lowest BCUT2D eigenvalue weighted by molar-refractivity contribution is -0.131. The zero-order valence-electron chi connectivity index (χ0n) is 13.1. The highest BCUT2D eigenvalue weighted by atomic mass is 16.4. The molecule has 0 unspecified atom stereocenters. The molecule has 1 N–H and O–H groups in total. The third-order valence-electron chi connectivity index (χ3n) is 3.91. The van der Waals surface area contributed by atoms with Crippen LogP contribution in [0.2, 0.25) is 0 Å². The topological polar surface area (TPSA) is 66.3 Å². The summed E-state index contributed by atoms with van der Waals surface area (Å²) < 4.78 is 0. The SMILES string of the molecule is Cc1ncc(-c2cccc(/C=C/C(=O)O)c2)c(N2CCCC2)n1. The van der Waals surface area contributed by atoms with Crippen molar-refractivity contribution in [3.63, 3.8) is 0 Å². The van der Waals surface area contributed by atoms with E-state index in [0.29, 0.717) is 0 Å². The predicted molar refractivity (Wildman–Crippen MR) is 90.3 cm³/mol. The van der Waals surface area contributed by atoms with E-state index in [1.807, 2.05) is 37.4 Å². The summed E-state index contributed by atoms with van der Waals surface area (Å²) in [5.74, 6) is 0.777. The molecule has 0 bridgehead atoms. The van der Waals surface area contributed by atoms with Gasteiger partial charge in [-0.15, -0.1) is 0 Å². The lowest BCUT2D eigenvalue weighted by atomic mass is 10.0. The smallest absolute Gasteiger partial charge is 0.328 e. The molecule has 0 aliphatic carbocycles. The minimum absolute atomic E-state index is 0.762. The Balaban J connectivity index is 2.01. The van der Waals surface area contributed by atoms with Crippen molar-refractivity contribution in [2.75, 3.05) is 18.0 Å². The molecule has 5 heteroatoms. The van der Waals surface area contributed by atoms with Crippen molar-refractivity contribution in [2.24, 2.45) is 0 Å². The van der Waals surface area contributed by atoms with E-state index in [1.165, 1.54) is 12.8 Å². The average molecular weight is 309 g/mol. The van der Waals surface area contributed by atoms with Gasteiger partial charge in [0.25, 0.3) is 0 Å². The van der Waals surface area contributed by atoms with Gasteiger partial charge in [-0.3, -0.25) is 0 Å². The van der Waals surface area contributed by atoms with Gasteiger partial charge < -0.3 is 10.0 Å². The fourth-order valence-electron chi connectivity index (χ4n) is 2.81. The molecular weight excluding hydrogens is 290 g/mol. The van der Waals surface area contributed by atoms with E-state index >= 15 is 0 Å². The zero-order chi connectivity index (χ0) is 16.2. The first kappa shape index (κ1) is 15.2. The number of carboxylic acids is 1. The molecule has 1 saturated heterocycles. The van der Waals surface area contributed by atoms with Crippen LogP contribution >= 0.6 is 0 Å². The Morgan fingerprint density at radius 2 is 2.09 bits per heavy atom. The number of rotatable bonds is 4. The molecule has 0 atom stereocenters. The molecule has 0 spiro atoms. The second-order valence-corrected chi connectivity index (χ2v) is 5.65. The molecule has 1 fully saturated rings. The third kappa shape index (κ3) is 3.56. The molecule has 1 aliphatic rings. The Morgan fingerprint density at radius 1 is 1.30 bits per heavy atom. The lowest BCUT2D eigenvalue weighted by Gasteiger charge is -2.20. The normalized spacial score (nSPS) is 14.6. The highest BCUT2D eigenvalue weighted by molar-refractivity contribution is 5.86. The van der Waals surface area contributed by atoms with Crippen molar-refractivity contribution in [3.8, 4) is 11.1 Å². The molecule has 3 rings (SSSR count). The van der Waals surface area contributed by atoms with Crippen LogP contribution in [0.4, 0.5) is 5.82 Å². The third-order valence-corrected chi connectivity index (χ3v) is 3.91. The van der Waals surface area contributed by atoms with Gasteiger partial charge in [-0.1, -0.05) is 18.2 Å². The lowest BCUT2D eigenvalue weighted by Crippen LogP contribution is -2.20. The van der Waals surface area contributed by atoms with Gasteiger partial charge in [-0.25, -0.2) is 14.8 Å². The van der Waals surface area contributed by atoms with Gasteiger partial charge in [0.05, 0.1) is 0 Å². The van der Waals surface area contributed by atoms with E-state index in [9.17, 15) is 4.79 Å². The number of hydrogen-bond donors (Lipinski definition) is 1. The molecule has 0 amide bonds. The molecule has 2 aromatic rings. The van der Waals surface area contributed by atoms with E-state index in [1.54, 1.807) is 6.08 Å². The van der Waals surface area contributed by atoms with Crippen LogP contribution in [0.25, 0.3) is 17.2 Å². The second kappa shape index (κ2) is 6.60. The van der Waals surface area contributed by atoms with Crippen molar-refractivity contribution in [1.82, 2.24) is 9.97 Å². The summed E-state index contributed by atoms with van der Waals surface area (Å²) in [6.45, 7) is 3.93. The highest BCUT2D eigenvalue weighted by Crippen LogP contribution is 2.31. The Bertz CT molecular complexity index is 750. The monoisotopic (exact) mass is 309 g/mol. The maximum atomic E-state index is 10.7. The number of aryl methyl sites for hydroxylation is 1. The maximum Gasteiger partial charge on any atom is 0.328 e. The fourth-order valence-corrected chi connectivity index (χ4v) is 2.81. The van der Waals surface area contributed by atoms with E-state index < -0.39 is 5.97 Å². The summed E-state index contributed by atoms with van der Waals surface area (Å²) in [6.07, 6.45) is 6.96. The second-order valence-electron chi connectivity index (χ2n) is 5.65. The summed E-state index contributed by atoms with van der Waals surface area (Å²) in [7, 11) is 0. The summed E-state index contributed by atoms with van der Waals surface area (Å²) in [6, 6.07) is 7.77. The molecule has 118 valence electrons. The average Bonchev–Trinajstić information content (AvgIpc) is 3.07. The molecule has 23 heavy (non-hydrogen) atoms. The Labute approximate surface area is 135 Å². The Morgan fingerprint density at radius 3 is 2.83 bits per heavy atom. The number of aromatic nitrogens is 2. The summed E-state index contributed by atoms with van der Waals surface area (Å²) >= 11 is 0. The molecule has 0 radical (unpaired) electrons. The number of aliphatic carboxylic acids is 1. The van der Waals surface area contributed by atoms with Gasteiger partial charge in [0.2, 0.25) is 0 Å². The van der Waals surface area contributed by atoms with Crippen LogP contribution in [0.3, 0.4) is 0 Å². The summed E-state index contributed by atoms with van der Waals surface area (Å²) in [4.78, 5) is 22.0. The van der Waals surface area contributed by atoms with E-state index in [0.717, 1.165) is 47.5 Å². The van der Waals surface area contributed by atoms with Gasteiger partial charge in [0, 0.05) is 30.9 Å². The molecule has 1 aliphatic heterocycles. The maximum absolute atomic E-state index is 10.7. The van der Waals surface area contributed by atoms with Gasteiger partial charge in [0.15, 0.2) is 0 Å². The van der Waals surface area contributed by atoms with Crippen LogP contribution in [0.1, 0.15) is 24.2 Å². The van der Waals surface area contributed by atoms with Crippen LogP contribution in [0, 0.1) is 6.92 Å². The summed E-state index contributed by atoms with van der Waals surface area (Å²) in [5.41, 5.74) is 2.83. The first-order chi connectivity index (χ1) is 11.1. The summed E-state index contributed by atoms with van der Waals surface area (Å²) in [5, 5.41) is 8.77. The fraction of sp³-hybridized carbons (Fsp3) is 0.278. The number of anilines is 1. The molecular formula is C18H19N3O2. The minimum Gasteiger partial charge on any atom is -0.478 e. The first-order valence-corrected chi connectivity index (χ1v) is 7.73. The van der Waals surface area contributed by atoms with E-state index in [4.69, 9.17) is 5.11 Å². The number of nitrogens with zero attached hydrogens (tertiary/aromatic N) is 3. The van der Waals surface area contributed by atoms with Gasteiger partial charge in [-0.2, -0.15) is 0 Å². The number of benzene rings is 1. The van der Waals surface area contributed by atoms with Crippen LogP contribution in [-0.2, 0) is 4.79 Å². The molecule has 2 heterocycles.